The Morgan fingerprint density at radius 3 is 2.29 bits per heavy atom. The molecule has 1 aromatic heterocycles. The minimum absolute atomic E-state index is 0.136. The van der Waals surface area contributed by atoms with Gasteiger partial charge >= 0.3 is 0 Å². The third kappa shape index (κ3) is 3.66. The molecule has 5 rings (SSSR count). The predicted molar refractivity (Wildman–Crippen MR) is 147 cm³/mol. The Morgan fingerprint density at radius 2 is 1.62 bits per heavy atom. The van der Waals surface area contributed by atoms with Crippen LogP contribution in [0.1, 0.15) is 25.0 Å². The van der Waals surface area contributed by atoms with Crippen molar-refractivity contribution < 1.29 is 4.79 Å². The van der Waals surface area contributed by atoms with Crippen molar-refractivity contribution in [1.82, 2.24) is 9.47 Å². The number of aryl methyl sites for hydroxylation is 1. The molecule has 8 heteroatoms. The van der Waals surface area contributed by atoms with Gasteiger partial charge in [-0.1, -0.05) is 66.0 Å². The third-order valence-electron chi connectivity index (χ3n) is 5.94. The topological polar surface area (TPSA) is 45.6 Å². The second-order valence-electron chi connectivity index (χ2n) is 7.98. The molecular formula is C26H23N3O2S3. The molecule has 0 unspecified atom stereocenters. The Balaban J connectivity index is 1.86. The highest BCUT2D eigenvalue weighted by Gasteiger charge is 2.33. The molecule has 1 saturated heterocycles. The molecule has 5 nitrogen and oxygen atoms in total. The zero-order valence-corrected chi connectivity index (χ0v) is 21.5. The zero-order valence-electron chi connectivity index (χ0n) is 19.1. The van der Waals surface area contributed by atoms with E-state index < -0.39 is 0 Å². The van der Waals surface area contributed by atoms with Gasteiger partial charge in [-0.2, -0.15) is 0 Å². The van der Waals surface area contributed by atoms with Gasteiger partial charge in [-0.25, -0.2) is 0 Å². The molecule has 172 valence electrons. The number of thioether (sulfide) groups is 1. The van der Waals surface area contributed by atoms with E-state index in [1.54, 1.807) is 9.47 Å². The van der Waals surface area contributed by atoms with Crippen LogP contribution in [0.25, 0.3) is 22.4 Å². The largest absolute Gasteiger partial charge is 0.340 e. The fourth-order valence-corrected chi connectivity index (χ4v) is 6.92. The fraction of sp³-hybridized carbons (Fsp3) is 0.192. The van der Waals surface area contributed by atoms with Gasteiger partial charge in [-0.05, 0) is 50.6 Å². The van der Waals surface area contributed by atoms with Crippen molar-refractivity contribution in [3.05, 3.63) is 85.3 Å². The Labute approximate surface area is 211 Å². The summed E-state index contributed by atoms with van der Waals surface area (Å²) < 4.78 is 3.41. The molecule has 2 aliphatic heterocycles. The lowest BCUT2D eigenvalue weighted by atomic mass is 10.1. The molecule has 0 N–H and O–H groups in total. The maximum Gasteiger partial charge on any atom is 0.275 e. The first-order valence-corrected chi connectivity index (χ1v) is 13.1. The van der Waals surface area contributed by atoms with Gasteiger partial charge in [0.2, 0.25) is 0 Å². The molecule has 1 fully saturated rings. The second kappa shape index (κ2) is 9.02. The summed E-state index contributed by atoms with van der Waals surface area (Å²) in [7, 11) is 0. The Hall–Kier alpha value is -2.94. The Kier molecular flexibility index (Phi) is 6.06. The maximum atomic E-state index is 14.0. The van der Waals surface area contributed by atoms with Crippen LogP contribution in [0.4, 0.5) is 5.69 Å². The number of para-hydroxylation sites is 1. The van der Waals surface area contributed by atoms with Gasteiger partial charge in [0.15, 0.2) is 0 Å². The lowest BCUT2D eigenvalue weighted by molar-refractivity contribution is -0.120. The molecule has 0 aliphatic carbocycles. The molecule has 3 aromatic rings. The summed E-state index contributed by atoms with van der Waals surface area (Å²) in [5.41, 5.74) is 4.72. The summed E-state index contributed by atoms with van der Waals surface area (Å²) in [5, 5.41) is 0. The molecule has 0 spiro atoms. The van der Waals surface area contributed by atoms with E-state index in [2.05, 4.69) is 24.0 Å². The number of likely N-dealkylation sites (N-methyl/N-ethyl adjacent to an activating group) is 1. The van der Waals surface area contributed by atoms with Crippen LogP contribution in [0.2, 0.25) is 0 Å². The van der Waals surface area contributed by atoms with Crippen LogP contribution in [-0.2, 0) is 4.79 Å². The predicted octanol–water partition coefficient (Wildman–Crippen LogP) is 3.86. The van der Waals surface area contributed by atoms with Crippen LogP contribution in [-0.4, -0.2) is 32.8 Å². The van der Waals surface area contributed by atoms with Gasteiger partial charge in [-0.15, -0.1) is 11.3 Å². The van der Waals surface area contributed by atoms with E-state index in [-0.39, 0.29) is 11.5 Å². The number of thiazole rings is 1. The average Bonchev–Trinajstić information content (AvgIpc) is 3.33. The van der Waals surface area contributed by atoms with Crippen LogP contribution < -0.4 is 19.7 Å². The van der Waals surface area contributed by atoms with Gasteiger partial charge in [0.25, 0.3) is 11.5 Å². The first-order valence-electron chi connectivity index (χ1n) is 11.1. The molecular weight excluding hydrogens is 483 g/mol. The number of carbonyl (C=O) groups is 1. The number of rotatable bonds is 3. The van der Waals surface area contributed by atoms with Crippen molar-refractivity contribution >= 4 is 67.9 Å². The van der Waals surface area contributed by atoms with E-state index in [1.807, 2.05) is 62.4 Å². The molecule has 1 amide bonds. The highest BCUT2D eigenvalue weighted by atomic mass is 32.2. The van der Waals surface area contributed by atoms with E-state index in [4.69, 9.17) is 12.2 Å². The maximum absolute atomic E-state index is 14.0. The summed E-state index contributed by atoms with van der Waals surface area (Å²) in [6.45, 7) is 7.20. The van der Waals surface area contributed by atoms with E-state index >= 15 is 0 Å². The number of benzene rings is 2. The van der Waals surface area contributed by atoms with E-state index in [9.17, 15) is 9.59 Å². The normalized spacial score (nSPS) is 18.7. The van der Waals surface area contributed by atoms with Crippen molar-refractivity contribution in [3.63, 3.8) is 0 Å². The van der Waals surface area contributed by atoms with Crippen molar-refractivity contribution in [2.24, 2.45) is 0 Å². The zero-order chi connectivity index (χ0) is 24.0. The van der Waals surface area contributed by atoms with E-state index in [1.165, 1.54) is 23.1 Å². The number of nitrogens with zero attached hydrogens (tertiary/aromatic N) is 3. The van der Waals surface area contributed by atoms with E-state index in [0.29, 0.717) is 31.5 Å². The van der Waals surface area contributed by atoms with Crippen molar-refractivity contribution in [2.75, 3.05) is 18.0 Å². The summed E-state index contributed by atoms with van der Waals surface area (Å²) in [5.74, 6) is -0.145. The fourth-order valence-electron chi connectivity index (χ4n) is 4.22. The molecule has 0 atom stereocenters. The van der Waals surface area contributed by atoms with Crippen LogP contribution in [0.5, 0.6) is 0 Å². The molecule has 2 aliphatic rings. The summed E-state index contributed by atoms with van der Waals surface area (Å²) in [6, 6.07) is 15.9. The number of carbonyl (C=O) groups excluding carboxylic acids is 1. The summed E-state index contributed by atoms with van der Waals surface area (Å²) in [6.07, 6.45) is 4.04. The smallest absolute Gasteiger partial charge is 0.275 e. The summed E-state index contributed by atoms with van der Waals surface area (Å²) in [4.78, 5) is 31.4. The average molecular weight is 506 g/mol. The van der Waals surface area contributed by atoms with Crippen molar-refractivity contribution in [1.29, 1.82) is 0 Å². The Morgan fingerprint density at radius 1 is 0.912 bits per heavy atom. The van der Waals surface area contributed by atoms with Gasteiger partial charge < -0.3 is 4.90 Å². The van der Waals surface area contributed by atoms with Crippen LogP contribution >= 0.6 is 35.3 Å². The number of aromatic nitrogens is 1. The van der Waals surface area contributed by atoms with Crippen molar-refractivity contribution in [2.45, 2.75) is 20.8 Å². The molecule has 0 radical (unpaired) electrons. The molecule has 3 heterocycles. The number of fused-ring (bicyclic) bond motifs is 1. The van der Waals surface area contributed by atoms with E-state index in [0.717, 1.165) is 28.2 Å². The van der Waals surface area contributed by atoms with Gasteiger partial charge in [-0.3, -0.25) is 19.1 Å². The quantitative estimate of drug-likeness (QED) is 0.506. The highest BCUT2D eigenvalue weighted by Crippen LogP contribution is 2.32. The Bertz CT molecular complexity index is 1530. The number of thiocarbonyl (C=S) groups is 1. The first kappa shape index (κ1) is 22.8. The van der Waals surface area contributed by atoms with Crippen LogP contribution in [0.3, 0.4) is 0 Å². The third-order valence-corrected chi connectivity index (χ3v) is 8.67. The number of hydrogen-bond acceptors (Lipinski definition) is 6. The van der Waals surface area contributed by atoms with Gasteiger partial charge in [0.1, 0.15) is 18.4 Å². The monoisotopic (exact) mass is 505 g/mol. The SMILES string of the molecule is CCN1C(=O)C(=c2sc(=C3C=Cc4ccccc4N3CC)c(=O)n2-c2ccc(C)cc2)SC1=S. The molecule has 2 aromatic carbocycles. The minimum Gasteiger partial charge on any atom is -0.340 e. The van der Waals surface area contributed by atoms with Crippen LogP contribution in [0, 0.1) is 6.92 Å². The number of hydrogen-bond donors (Lipinski definition) is 0. The van der Waals surface area contributed by atoms with Gasteiger partial charge in [0, 0.05) is 18.8 Å². The molecule has 0 bridgehead atoms. The second-order valence-corrected chi connectivity index (χ2v) is 10.6. The summed E-state index contributed by atoms with van der Waals surface area (Å²) >= 11 is 8.08. The molecule has 34 heavy (non-hydrogen) atoms. The first-order chi connectivity index (χ1) is 16.4. The highest BCUT2D eigenvalue weighted by molar-refractivity contribution is 8.30. The van der Waals surface area contributed by atoms with Crippen LogP contribution in [0.15, 0.2) is 59.4 Å². The standard InChI is InChI=1S/C26H23N3O2S3/c1-4-27-19-9-7-6-8-17(19)12-15-20(27)21-24(31)29(18-13-10-16(3)11-14-18)25(33-21)22-23(30)28(5-2)26(32)34-22/h6-15H,4-5H2,1-3H3. The van der Waals surface area contributed by atoms with Crippen molar-refractivity contribution in [3.8, 4) is 5.69 Å². The number of anilines is 1. The minimum atomic E-state index is -0.145. The lowest BCUT2D eigenvalue weighted by Gasteiger charge is -2.28. The number of amides is 1. The van der Waals surface area contributed by atoms with Gasteiger partial charge in [0.05, 0.1) is 11.4 Å². The molecule has 0 saturated carbocycles. The lowest BCUT2D eigenvalue weighted by Crippen LogP contribution is -2.36.